The fourth-order valence-electron chi connectivity index (χ4n) is 1.94. The molecule has 0 saturated heterocycles. The standard InChI is InChI=1S/C14H10F4N4O/c15-9-3-8(4-19-5-9)12-20-6-10(11(22-12)14(16,17)18)21-13(23)7-1-2-7/h3-7H,1-2H2,(H,21,23). The molecule has 2 aromatic heterocycles. The molecule has 9 heteroatoms. The smallest absolute Gasteiger partial charge is 0.323 e. The molecule has 1 aliphatic rings. The summed E-state index contributed by atoms with van der Waals surface area (Å²) in [6.07, 6.45) is -0.539. The minimum atomic E-state index is -4.79. The third kappa shape index (κ3) is 3.43. The molecule has 1 amide bonds. The molecule has 120 valence electrons. The SMILES string of the molecule is O=C(Nc1cnc(-c2cncc(F)c2)nc1C(F)(F)F)C1CC1. The van der Waals surface area contributed by atoms with E-state index in [0.717, 1.165) is 24.7 Å². The van der Waals surface area contributed by atoms with Crippen molar-refractivity contribution in [3.63, 3.8) is 0 Å². The number of hydrogen-bond acceptors (Lipinski definition) is 4. The summed E-state index contributed by atoms with van der Waals surface area (Å²) in [5.74, 6) is -1.79. The Morgan fingerprint density at radius 1 is 1.22 bits per heavy atom. The van der Waals surface area contributed by atoms with Crippen LogP contribution >= 0.6 is 0 Å². The molecule has 0 atom stereocenters. The third-order valence-corrected chi connectivity index (χ3v) is 3.23. The predicted octanol–water partition coefficient (Wildman–Crippen LogP) is 3.05. The summed E-state index contributed by atoms with van der Waals surface area (Å²) in [4.78, 5) is 22.4. The minimum absolute atomic E-state index is 0.00979. The summed E-state index contributed by atoms with van der Waals surface area (Å²) in [6.45, 7) is 0. The predicted molar refractivity (Wildman–Crippen MR) is 71.6 cm³/mol. The normalized spacial score (nSPS) is 14.6. The molecule has 3 rings (SSSR count). The summed E-state index contributed by atoms with van der Waals surface area (Å²) in [5, 5.41) is 2.20. The van der Waals surface area contributed by atoms with Crippen molar-refractivity contribution in [3.05, 3.63) is 36.2 Å². The Balaban J connectivity index is 1.99. The molecule has 0 radical (unpaired) electrons. The number of halogens is 4. The Morgan fingerprint density at radius 2 is 1.96 bits per heavy atom. The maximum Gasteiger partial charge on any atom is 0.435 e. The van der Waals surface area contributed by atoms with Crippen LogP contribution in [-0.2, 0) is 11.0 Å². The molecule has 1 fully saturated rings. The molecule has 2 heterocycles. The summed E-state index contributed by atoms with van der Waals surface area (Å²) >= 11 is 0. The second-order valence-electron chi connectivity index (χ2n) is 5.11. The van der Waals surface area contributed by atoms with Gasteiger partial charge in [-0.1, -0.05) is 0 Å². The molecule has 5 nitrogen and oxygen atoms in total. The van der Waals surface area contributed by atoms with Crippen LogP contribution in [0, 0.1) is 11.7 Å². The monoisotopic (exact) mass is 326 g/mol. The van der Waals surface area contributed by atoms with Gasteiger partial charge >= 0.3 is 6.18 Å². The average Bonchev–Trinajstić information content (AvgIpc) is 3.31. The number of pyridine rings is 1. The number of anilines is 1. The van der Waals surface area contributed by atoms with E-state index in [9.17, 15) is 22.4 Å². The minimum Gasteiger partial charge on any atom is -0.323 e. The van der Waals surface area contributed by atoms with Crippen molar-refractivity contribution in [2.75, 3.05) is 5.32 Å². The first-order chi connectivity index (χ1) is 10.8. The molecule has 1 aliphatic carbocycles. The Labute approximate surface area is 127 Å². The van der Waals surface area contributed by atoms with E-state index in [2.05, 4.69) is 20.3 Å². The van der Waals surface area contributed by atoms with E-state index in [1.807, 2.05) is 0 Å². The van der Waals surface area contributed by atoms with Gasteiger partial charge in [0.05, 0.1) is 18.1 Å². The molecule has 2 aromatic rings. The molecule has 0 unspecified atom stereocenters. The average molecular weight is 326 g/mol. The Hall–Kier alpha value is -2.58. The van der Waals surface area contributed by atoms with Crippen molar-refractivity contribution in [2.45, 2.75) is 19.0 Å². The number of nitrogens with zero attached hydrogens (tertiary/aromatic N) is 3. The van der Waals surface area contributed by atoms with Crippen molar-refractivity contribution < 1.29 is 22.4 Å². The number of hydrogen-bond donors (Lipinski definition) is 1. The van der Waals surface area contributed by atoms with Gasteiger partial charge in [-0.2, -0.15) is 13.2 Å². The third-order valence-electron chi connectivity index (χ3n) is 3.23. The summed E-state index contributed by atoms with van der Waals surface area (Å²) in [7, 11) is 0. The number of nitrogens with one attached hydrogen (secondary N) is 1. The molecule has 1 saturated carbocycles. The second kappa shape index (κ2) is 5.56. The summed E-state index contributed by atoms with van der Waals surface area (Å²) < 4.78 is 52.6. The van der Waals surface area contributed by atoms with Gasteiger partial charge in [0.1, 0.15) is 5.82 Å². The van der Waals surface area contributed by atoms with Crippen LogP contribution in [0.5, 0.6) is 0 Å². The zero-order chi connectivity index (χ0) is 16.6. The van der Waals surface area contributed by atoms with E-state index in [0.29, 0.717) is 12.8 Å². The van der Waals surface area contributed by atoms with Gasteiger partial charge in [0.2, 0.25) is 5.91 Å². The number of amides is 1. The molecule has 1 N–H and O–H groups in total. The van der Waals surface area contributed by atoms with Crippen molar-refractivity contribution in [3.8, 4) is 11.4 Å². The molecule has 0 aromatic carbocycles. The van der Waals surface area contributed by atoms with Gasteiger partial charge in [0.25, 0.3) is 0 Å². The van der Waals surface area contributed by atoms with Gasteiger partial charge in [-0.25, -0.2) is 14.4 Å². The van der Waals surface area contributed by atoms with Crippen LogP contribution in [0.1, 0.15) is 18.5 Å². The van der Waals surface area contributed by atoms with Gasteiger partial charge in [-0.05, 0) is 18.9 Å². The maximum atomic E-state index is 13.2. The lowest BCUT2D eigenvalue weighted by Crippen LogP contribution is -2.19. The van der Waals surface area contributed by atoms with E-state index >= 15 is 0 Å². The van der Waals surface area contributed by atoms with Crippen molar-refractivity contribution in [2.24, 2.45) is 5.92 Å². The van der Waals surface area contributed by atoms with E-state index in [1.165, 1.54) is 0 Å². The van der Waals surface area contributed by atoms with Gasteiger partial charge in [-0.15, -0.1) is 0 Å². The molecular formula is C14H10F4N4O. The van der Waals surface area contributed by atoms with Gasteiger partial charge in [0, 0.05) is 17.7 Å². The molecule has 23 heavy (non-hydrogen) atoms. The second-order valence-corrected chi connectivity index (χ2v) is 5.11. The topological polar surface area (TPSA) is 67.8 Å². The summed E-state index contributed by atoms with van der Waals surface area (Å²) in [5.41, 5.74) is -1.78. The zero-order valence-electron chi connectivity index (χ0n) is 11.6. The lowest BCUT2D eigenvalue weighted by atomic mass is 10.2. The lowest BCUT2D eigenvalue weighted by Gasteiger charge is -2.13. The van der Waals surface area contributed by atoms with E-state index < -0.39 is 29.3 Å². The lowest BCUT2D eigenvalue weighted by molar-refractivity contribution is -0.140. The molecular weight excluding hydrogens is 316 g/mol. The highest BCUT2D eigenvalue weighted by atomic mass is 19.4. The molecule has 0 aliphatic heterocycles. The number of carbonyl (C=O) groups excluding carboxylic acids is 1. The van der Waals surface area contributed by atoms with Crippen molar-refractivity contribution >= 4 is 11.6 Å². The van der Waals surface area contributed by atoms with Crippen LogP contribution in [-0.4, -0.2) is 20.9 Å². The van der Waals surface area contributed by atoms with Gasteiger partial charge in [0.15, 0.2) is 11.5 Å². The van der Waals surface area contributed by atoms with Crippen LogP contribution in [0.15, 0.2) is 24.7 Å². The van der Waals surface area contributed by atoms with E-state index in [1.54, 1.807) is 0 Å². The fraction of sp³-hybridized carbons (Fsp3) is 0.286. The van der Waals surface area contributed by atoms with Crippen LogP contribution in [0.25, 0.3) is 11.4 Å². The van der Waals surface area contributed by atoms with E-state index in [4.69, 9.17) is 0 Å². The number of alkyl halides is 3. The first-order valence-corrected chi connectivity index (χ1v) is 6.70. The first-order valence-electron chi connectivity index (χ1n) is 6.70. The van der Waals surface area contributed by atoms with Gasteiger partial charge < -0.3 is 5.32 Å². The zero-order valence-corrected chi connectivity index (χ0v) is 11.6. The van der Waals surface area contributed by atoms with Crippen LogP contribution < -0.4 is 5.32 Å². The highest BCUT2D eigenvalue weighted by Crippen LogP contribution is 2.36. The first kappa shape index (κ1) is 15.3. The van der Waals surface area contributed by atoms with Crippen LogP contribution in [0.4, 0.5) is 23.2 Å². The Bertz CT molecular complexity index is 759. The highest BCUT2D eigenvalue weighted by Gasteiger charge is 2.38. The molecule has 0 bridgehead atoms. The van der Waals surface area contributed by atoms with Crippen molar-refractivity contribution in [1.82, 2.24) is 15.0 Å². The number of carbonyl (C=O) groups is 1. The van der Waals surface area contributed by atoms with Crippen LogP contribution in [0.2, 0.25) is 0 Å². The maximum absolute atomic E-state index is 13.2. The Kier molecular flexibility index (Phi) is 3.70. The van der Waals surface area contributed by atoms with E-state index in [-0.39, 0.29) is 17.3 Å². The Morgan fingerprint density at radius 3 is 2.57 bits per heavy atom. The van der Waals surface area contributed by atoms with Crippen molar-refractivity contribution in [1.29, 1.82) is 0 Å². The number of rotatable bonds is 3. The fourth-order valence-corrected chi connectivity index (χ4v) is 1.94. The summed E-state index contributed by atoms with van der Waals surface area (Å²) in [6, 6.07) is 0.977. The van der Waals surface area contributed by atoms with Gasteiger partial charge in [-0.3, -0.25) is 9.78 Å². The number of aromatic nitrogens is 3. The quantitative estimate of drug-likeness (QED) is 0.880. The molecule has 0 spiro atoms. The van der Waals surface area contributed by atoms with Crippen LogP contribution in [0.3, 0.4) is 0 Å². The highest BCUT2D eigenvalue weighted by molar-refractivity contribution is 5.94. The largest absolute Gasteiger partial charge is 0.435 e.